The molecule has 0 fully saturated rings. The van der Waals surface area contributed by atoms with E-state index < -0.39 is 0 Å². The van der Waals surface area contributed by atoms with Gasteiger partial charge in [-0.05, 0) is 50.7 Å². The molecule has 0 unspecified atom stereocenters. The number of hydrogen-bond acceptors (Lipinski definition) is 8. The summed E-state index contributed by atoms with van der Waals surface area (Å²) in [5.41, 5.74) is 10.8. The lowest BCUT2D eigenvalue weighted by atomic mass is 9.96. The predicted molar refractivity (Wildman–Crippen MR) is 136 cm³/mol. The molecule has 1 aromatic carbocycles. The van der Waals surface area contributed by atoms with Gasteiger partial charge >= 0.3 is 0 Å². The minimum absolute atomic E-state index is 0.0272. The number of benzene rings is 1. The Morgan fingerprint density at radius 3 is 2.76 bits per heavy atom. The molecule has 1 atom stereocenters. The molecule has 174 valence electrons. The smallest absolute Gasteiger partial charge is 0.259 e. The van der Waals surface area contributed by atoms with E-state index in [0.717, 1.165) is 28.2 Å². The van der Waals surface area contributed by atoms with Crippen molar-refractivity contribution in [1.29, 1.82) is 5.26 Å². The van der Waals surface area contributed by atoms with Gasteiger partial charge in [0.25, 0.3) is 5.56 Å². The van der Waals surface area contributed by atoms with Gasteiger partial charge in [-0.3, -0.25) is 9.20 Å². The summed E-state index contributed by atoms with van der Waals surface area (Å²) in [7, 11) is 4.07. The lowest BCUT2D eigenvalue weighted by Gasteiger charge is -2.20. The van der Waals surface area contributed by atoms with Crippen molar-refractivity contribution < 1.29 is 0 Å². The molecule has 0 saturated carbocycles. The molecule has 0 spiro atoms. The van der Waals surface area contributed by atoms with Crippen LogP contribution >= 0.6 is 11.3 Å². The van der Waals surface area contributed by atoms with Crippen molar-refractivity contribution in [1.82, 2.24) is 19.3 Å². The van der Waals surface area contributed by atoms with Crippen molar-refractivity contribution in [2.45, 2.75) is 32.9 Å². The molecule has 34 heavy (non-hydrogen) atoms. The van der Waals surface area contributed by atoms with Crippen LogP contribution in [0.2, 0.25) is 0 Å². The number of nitrogens with one attached hydrogen (secondary N) is 1. The molecule has 0 bridgehead atoms. The molecule has 0 saturated heterocycles. The van der Waals surface area contributed by atoms with Crippen LogP contribution in [0.3, 0.4) is 0 Å². The van der Waals surface area contributed by atoms with Gasteiger partial charge in [-0.25, -0.2) is 9.97 Å². The molecule has 0 amide bonds. The first-order valence-corrected chi connectivity index (χ1v) is 11.8. The summed E-state index contributed by atoms with van der Waals surface area (Å²) in [6.07, 6.45) is 1.82. The van der Waals surface area contributed by atoms with E-state index in [0.29, 0.717) is 17.8 Å². The highest BCUT2D eigenvalue weighted by molar-refractivity contribution is 7.15. The average Bonchev–Trinajstić information content (AvgIpc) is 3.16. The molecular weight excluding hydrogens is 446 g/mol. The van der Waals surface area contributed by atoms with Gasteiger partial charge in [0.2, 0.25) is 0 Å². The molecule has 3 N–H and O–H groups in total. The maximum atomic E-state index is 13.7. The van der Waals surface area contributed by atoms with Crippen molar-refractivity contribution in [3.63, 3.8) is 0 Å². The van der Waals surface area contributed by atoms with Gasteiger partial charge in [-0.1, -0.05) is 24.3 Å². The molecule has 0 aliphatic rings. The summed E-state index contributed by atoms with van der Waals surface area (Å²) >= 11 is 1.53. The number of nitrogens with two attached hydrogens (primary N) is 1. The summed E-state index contributed by atoms with van der Waals surface area (Å²) in [4.78, 5) is 24.8. The highest BCUT2D eigenvalue weighted by Crippen LogP contribution is 2.28. The Kier molecular flexibility index (Phi) is 6.63. The summed E-state index contributed by atoms with van der Waals surface area (Å²) in [5, 5.41) is 14.8. The average molecular weight is 474 g/mol. The van der Waals surface area contributed by atoms with E-state index in [2.05, 4.69) is 44.5 Å². The van der Waals surface area contributed by atoms with E-state index in [9.17, 15) is 10.1 Å². The number of pyridine rings is 1. The number of aromatic nitrogens is 3. The molecule has 0 aliphatic carbocycles. The zero-order chi connectivity index (χ0) is 24.4. The third kappa shape index (κ3) is 4.64. The standard InChI is InChI=1S/C25H27N7OS/c1-15-13-34-22-10-19(16(2)30-24-21(11-26)23(27)28-14-29-24)20(25(33)32(15)22)9-17-6-5-7-18(8-17)12-31(3)4/h5-8,10,13-14,16H,9,12H2,1-4H3,(H3,27,28,29,30)/t16-/m0/s1. The Morgan fingerprint density at radius 2 is 2.03 bits per heavy atom. The predicted octanol–water partition coefficient (Wildman–Crippen LogP) is 3.74. The van der Waals surface area contributed by atoms with E-state index in [1.807, 2.05) is 45.5 Å². The van der Waals surface area contributed by atoms with E-state index >= 15 is 0 Å². The Morgan fingerprint density at radius 1 is 1.26 bits per heavy atom. The number of nitrogens with zero attached hydrogens (tertiary/aromatic N) is 5. The van der Waals surface area contributed by atoms with Gasteiger partial charge in [0, 0.05) is 29.6 Å². The highest BCUT2D eigenvalue weighted by Gasteiger charge is 2.20. The topological polar surface area (TPSA) is 112 Å². The number of fused-ring (bicyclic) bond motifs is 1. The summed E-state index contributed by atoms with van der Waals surface area (Å²) in [6.45, 7) is 4.72. The Bertz CT molecular complexity index is 1450. The van der Waals surface area contributed by atoms with Crippen LogP contribution in [0.4, 0.5) is 11.6 Å². The lowest BCUT2D eigenvalue weighted by Crippen LogP contribution is -2.24. The third-order valence-corrected chi connectivity index (χ3v) is 6.69. The van der Waals surface area contributed by atoms with Crippen LogP contribution in [0.25, 0.3) is 4.83 Å². The lowest BCUT2D eigenvalue weighted by molar-refractivity contribution is 0.402. The molecule has 9 heteroatoms. The third-order valence-electron chi connectivity index (χ3n) is 5.69. The van der Waals surface area contributed by atoms with Gasteiger partial charge in [-0.15, -0.1) is 11.3 Å². The zero-order valence-corrected chi connectivity index (χ0v) is 20.5. The van der Waals surface area contributed by atoms with Gasteiger partial charge in [0.15, 0.2) is 0 Å². The Balaban J connectivity index is 1.79. The second kappa shape index (κ2) is 9.63. The van der Waals surface area contributed by atoms with Crippen molar-refractivity contribution in [2.75, 3.05) is 25.1 Å². The van der Waals surface area contributed by atoms with E-state index in [1.54, 1.807) is 4.40 Å². The van der Waals surface area contributed by atoms with Crippen molar-refractivity contribution in [2.24, 2.45) is 0 Å². The van der Waals surface area contributed by atoms with Crippen LogP contribution in [0, 0.1) is 18.3 Å². The number of anilines is 2. The van der Waals surface area contributed by atoms with Gasteiger partial charge in [0.1, 0.15) is 34.4 Å². The van der Waals surface area contributed by atoms with Crippen LogP contribution < -0.4 is 16.6 Å². The van der Waals surface area contributed by atoms with E-state index in [1.165, 1.54) is 23.2 Å². The fourth-order valence-corrected chi connectivity index (χ4v) is 5.06. The number of aryl methyl sites for hydroxylation is 1. The SMILES string of the molecule is Cc1csc2cc([C@H](C)Nc3ncnc(N)c3C#N)c(Cc3cccc(CN(C)C)c3)c(=O)n12. The normalized spacial score (nSPS) is 12.1. The molecule has 0 radical (unpaired) electrons. The van der Waals surface area contributed by atoms with E-state index in [-0.39, 0.29) is 23.0 Å². The van der Waals surface area contributed by atoms with Gasteiger partial charge < -0.3 is 16.0 Å². The second-order valence-electron chi connectivity index (χ2n) is 8.63. The quantitative estimate of drug-likeness (QED) is 0.420. The summed E-state index contributed by atoms with van der Waals surface area (Å²) < 4.78 is 1.77. The Labute approximate surface area is 202 Å². The van der Waals surface area contributed by atoms with Crippen molar-refractivity contribution in [3.8, 4) is 6.07 Å². The van der Waals surface area contributed by atoms with Gasteiger partial charge in [-0.2, -0.15) is 5.26 Å². The molecular formula is C25H27N7OS. The second-order valence-corrected chi connectivity index (χ2v) is 9.52. The summed E-state index contributed by atoms with van der Waals surface area (Å²) in [5.74, 6) is 0.471. The fraction of sp³-hybridized carbons (Fsp3) is 0.280. The van der Waals surface area contributed by atoms with Crippen LogP contribution in [0.1, 0.15) is 46.5 Å². The fourth-order valence-electron chi connectivity index (χ4n) is 4.14. The maximum absolute atomic E-state index is 13.7. The van der Waals surface area contributed by atoms with E-state index in [4.69, 9.17) is 5.73 Å². The number of nitrogen functional groups attached to an aromatic ring is 1. The van der Waals surface area contributed by atoms with Crippen LogP contribution in [0.15, 0.2) is 46.8 Å². The van der Waals surface area contributed by atoms with Crippen molar-refractivity contribution >= 4 is 27.8 Å². The Hall–Kier alpha value is -3.74. The highest BCUT2D eigenvalue weighted by atomic mass is 32.1. The van der Waals surface area contributed by atoms with Crippen LogP contribution in [-0.4, -0.2) is 33.4 Å². The first-order valence-electron chi connectivity index (χ1n) is 10.9. The van der Waals surface area contributed by atoms with Crippen LogP contribution in [-0.2, 0) is 13.0 Å². The monoisotopic (exact) mass is 473 g/mol. The minimum Gasteiger partial charge on any atom is -0.382 e. The molecule has 3 aromatic heterocycles. The molecule has 8 nitrogen and oxygen atoms in total. The molecule has 0 aliphatic heterocycles. The summed E-state index contributed by atoms with van der Waals surface area (Å²) in [6, 6.07) is 12.1. The molecule has 4 aromatic rings. The van der Waals surface area contributed by atoms with Gasteiger partial charge in [0.05, 0.1) is 6.04 Å². The first kappa shape index (κ1) is 23.4. The number of rotatable bonds is 7. The molecule has 4 rings (SSSR count). The van der Waals surface area contributed by atoms with Crippen LogP contribution in [0.5, 0.6) is 0 Å². The number of nitriles is 1. The number of thiazole rings is 1. The number of hydrogen-bond donors (Lipinski definition) is 2. The maximum Gasteiger partial charge on any atom is 0.259 e. The van der Waals surface area contributed by atoms with Crippen molar-refractivity contribution in [3.05, 3.63) is 85.9 Å². The zero-order valence-electron chi connectivity index (χ0n) is 19.7. The first-order chi connectivity index (χ1) is 16.3. The molecule has 3 heterocycles. The minimum atomic E-state index is -0.290. The largest absolute Gasteiger partial charge is 0.382 e.